The van der Waals surface area contributed by atoms with Crippen LogP contribution in [0.25, 0.3) is 0 Å². The molecule has 0 spiro atoms. The lowest BCUT2D eigenvalue weighted by atomic mass is 9.99. The molecule has 2 N–H and O–H groups in total. The quantitative estimate of drug-likeness (QED) is 0.823. The van der Waals surface area contributed by atoms with Gasteiger partial charge in [-0.25, -0.2) is 0 Å². The second kappa shape index (κ2) is 8.35. The number of rotatable bonds is 7. The van der Waals surface area contributed by atoms with Crippen LogP contribution in [0.2, 0.25) is 0 Å². The third-order valence-corrected chi connectivity index (χ3v) is 3.79. The topological polar surface area (TPSA) is 41.1 Å². The van der Waals surface area contributed by atoms with E-state index in [1.54, 1.807) is 0 Å². The Bertz CT molecular complexity index is 529. The van der Waals surface area contributed by atoms with E-state index in [4.69, 9.17) is 0 Å². The summed E-state index contributed by atoms with van der Waals surface area (Å²) in [5.41, 5.74) is 2.18. The van der Waals surface area contributed by atoms with Gasteiger partial charge in [-0.05, 0) is 24.5 Å². The molecule has 3 heteroatoms. The summed E-state index contributed by atoms with van der Waals surface area (Å²) in [5, 5.41) is 6.36. The first-order valence-electron chi connectivity index (χ1n) is 7.83. The predicted molar refractivity (Wildman–Crippen MR) is 90.6 cm³/mol. The van der Waals surface area contributed by atoms with Crippen molar-refractivity contribution in [3.8, 4) is 0 Å². The first-order valence-corrected chi connectivity index (χ1v) is 7.83. The molecule has 0 aromatic heterocycles. The highest BCUT2D eigenvalue weighted by Gasteiger charge is 2.16. The average Bonchev–Trinajstić information content (AvgIpc) is 2.59. The lowest BCUT2D eigenvalue weighted by Crippen LogP contribution is -2.39. The maximum atomic E-state index is 12.2. The third-order valence-electron chi connectivity index (χ3n) is 3.79. The summed E-state index contributed by atoms with van der Waals surface area (Å²) >= 11 is 0. The van der Waals surface area contributed by atoms with Crippen LogP contribution in [0.15, 0.2) is 60.7 Å². The van der Waals surface area contributed by atoms with Crippen LogP contribution in [-0.4, -0.2) is 18.5 Å². The summed E-state index contributed by atoms with van der Waals surface area (Å²) in [7, 11) is 0. The van der Waals surface area contributed by atoms with E-state index in [1.807, 2.05) is 60.7 Å². The minimum absolute atomic E-state index is 0.0120. The standard InChI is InChI=1S/C19H24N2O/c1-3-15(2)20-14-18(22)21-19(16-10-6-4-7-11-16)17-12-8-5-9-13-17/h4-13,15,19-20H,3,14H2,1-2H3,(H,21,22). The first kappa shape index (κ1) is 16.2. The fourth-order valence-corrected chi connectivity index (χ4v) is 2.27. The van der Waals surface area contributed by atoms with Gasteiger partial charge in [-0.3, -0.25) is 4.79 Å². The highest BCUT2D eigenvalue weighted by molar-refractivity contribution is 5.79. The van der Waals surface area contributed by atoms with E-state index in [2.05, 4.69) is 24.5 Å². The number of benzene rings is 2. The van der Waals surface area contributed by atoms with Gasteiger partial charge in [0.25, 0.3) is 0 Å². The van der Waals surface area contributed by atoms with Crippen LogP contribution >= 0.6 is 0 Å². The number of carbonyl (C=O) groups is 1. The van der Waals surface area contributed by atoms with Gasteiger partial charge in [0.1, 0.15) is 0 Å². The Kier molecular flexibility index (Phi) is 6.16. The Labute approximate surface area is 132 Å². The van der Waals surface area contributed by atoms with Gasteiger partial charge in [0.15, 0.2) is 0 Å². The molecule has 22 heavy (non-hydrogen) atoms. The van der Waals surface area contributed by atoms with Crippen LogP contribution in [-0.2, 0) is 4.79 Å². The molecule has 116 valence electrons. The van der Waals surface area contributed by atoms with Crippen molar-refractivity contribution >= 4 is 5.91 Å². The summed E-state index contributed by atoms with van der Waals surface area (Å²) in [5.74, 6) is 0.0120. The normalized spacial score (nSPS) is 12.1. The van der Waals surface area contributed by atoms with Crippen molar-refractivity contribution in [2.45, 2.75) is 32.4 Å². The maximum Gasteiger partial charge on any atom is 0.234 e. The zero-order chi connectivity index (χ0) is 15.8. The van der Waals surface area contributed by atoms with Crippen molar-refractivity contribution in [3.63, 3.8) is 0 Å². The van der Waals surface area contributed by atoms with Crippen LogP contribution in [0.5, 0.6) is 0 Å². The van der Waals surface area contributed by atoms with E-state index in [9.17, 15) is 4.79 Å². The van der Waals surface area contributed by atoms with E-state index in [0.717, 1.165) is 17.5 Å². The molecule has 0 aliphatic carbocycles. The fourth-order valence-electron chi connectivity index (χ4n) is 2.27. The molecule has 0 fully saturated rings. The molecule has 0 heterocycles. The Hall–Kier alpha value is -2.13. The van der Waals surface area contributed by atoms with Crippen molar-refractivity contribution < 1.29 is 4.79 Å². The van der Waals surface area contributed by atoms with Gasteiger partial charge < -0.3 is 10.6 Å². The van der Waals surface area contributed by atoms with Crippen molar-refractivity contribution in [1.29, 1.82) is 0 Å². The maximum absolute atomic E-state index is 12.2. The Balaban J connectivity index is 2.11. The summed E-state index contributed by atoms with van der Waals surface area (Å²) in [4.78, 5) is 12.2. The Morgan fingerprint density at radius 2 is 1.45 bits per heavy atom. The summed E-state index contributed by atoms with van der Waals surface area (Å²) in [6, 6.07) is 20.3. The molecule has 0 saturated heterocycles. The highest BCUT2D eigenvalue weighted by Crippen LogP contribution is 2.21. The minimum Gasteiger partial charge on any atom is -0.344 e. The molecule has 0 aliphatic rings. The van der Waals surface area contributed by atoms with Gasteiger partial charge in [-0.15, -0.1) is 0 Å². The lowest BCUT2D eigenvalue weighted by molar-refractivity contribution is -0.120. The second-order valence-electron chi connectivity index (χ2n) is 5.51. The van der Waals surface area contributed by atoms with E-state index in [0.29, 0.717) is 12.6 Å². The zero-order valence-corrected chi connectivity index (χ0v) is 13.3. The zero-order valence-electron chi connectivity index (χ0n) is 13.3. The van der Waals surface area contributed by atoms with E-state index in [1.165, 1.54) is 0 Å². The van der Waals surface area contributed by atoms with Crippen molar-refractivity contribution in [3.05, 3.63) is 71.8 Å². The third kappa shape index (κ3) is 4.71. The van der Waals surface area contributed by atoms with Crippen LogP contribution in [0.3, 0.4) is 0 Å². The summed E-state index contributed by atoms with van der Waals surface area (Å²) < 4.78 is 0. The molecule has 2 rings (SSSR count). The minimum atomic E-state index is -0.117. The van der Waals surface area contributed by atoms with Gasteiger partial charge >= 0.3 is 0 Å². The lowest BCUT2D eigenvalue weighted by Gasteiger charge is -2.20. The fraction of sp³-hybridized carbons (Fsp3) is 0.316. The highest BCUT2D eigenvalue weighted by atomic mass is 16.2. The van der Waals surface area contributed by atoms with E-state index >= 15 is 0 Å². The van der Waals surface area contributed by atoms with Crippen molar-refractivity contribution in [2.75, 3.05) is 6.54 Å². The van der Waals surface area contributed by atoms with E-state index < -0.39 is 0 Å². The molecule has 1 atom stereocenters. The van der Waals surface area contributed by atoms with Gasteiger partial charge in [0.05, 0.1) is 12.6 Å². The van der Waals surface area contributed by atoms with Crippen molar-refractivity contribution in [1.82, 2.24) is 10.6 Å². The first-order chi connectivity index (χ1) is 10.7. The molecular formula is C19H24N2O. The number of hydrogen-bond acceptors (Lipinski definition) is 2. The molecule has 1 amide bonds. The molecule has 0 radical (unpaired) electrons. The van der Waals surface area contributed by atoms with Gasteiger partial charge in [0, 0.05) is 6.04 Å². The summed E-state index contributed by atoms with van der Waals surface area (Å²) in [6.45, 7) is 4.52. The molecular weight excluding hydrogens is 272 g/mol. The smallest absolute Gasteiger partial charge is 0.234 e. The van der Waals surface area contributed by atoms with E-state index in [-0.39, 0.29) is 11.9 Å². The molecule has 3 nitrogen and oxygen atoms in total. The molecule has 1 unspecified atom stereocenters. The largest absolute Gasteiger partial charge is 0.344 e. The van der Waals surface area contributed by atoms with Crippen LogP contribution < -0.4 is 10.6 Å². The molecule has 2 aromatic rings. The molecule has 0 saturated carbocycles. The van der Waals surface area contributed by atoms with Gasteiger partial charge in [-0.2, -0.15) is 0 Å². The number of nitrogens with one attached hydrogen (secondary N) is 2. The number of carbonyl (C=O) groups excluding carboxylic acids is 1. The van der Waals surface area contributed by atoms with Crippen molar-refractivity contribution in [2.24, 2.45) is 0 Å². The number of amides is 1. The Morgan fingerprint density at radius 3 is 1.91 bits per heavy atom. The van der Waals surface area contributed by atoms with Gasteiger partial charge in [-0.1, -0.05) is 67.6 Å². The molecule has 0 aliphatic heterocycles. The molecule has 0 bridgehead atoms. The second-order valence-corrected chi connectivity index (χ2v) is 5.51. The van der Waals surface area contributed by atoms with Crippen LogP contribution in [0.1, 0.15) is 37.4 Å². The average molecular weight is 296 g/mol. The Morgan fingerprint density at radius 1 is 0.955 bits per heavy atom. The number of hydrogen-bond donors (Lipinski definition) is 2. The van der Waals surface area contributed by atoms with Crippen LogP contribution in [0, 0.1) is 0 Å². The monoisotopic (exact) mass is 296 g/mol. The summed E-state index contributed by atoms with van der Waals surface area (Å²) in [6.07, 6.45) is 1.01. The SMILES string of the molecule is CCC(C)NCC(=O)NC(c1ccccc1)c1ccccc1. The van der Waals surface area contributed by atoms with Gasteiger partial charge in [0.2, 0.25) is 5.91 Å². The molecule has 2 aromatic carbocycles. The van der Waals surface area contributed by atoms with Crippen LogP contribution in [0.4, 0.5) is 0 Å². The predicted octanol–water partition coefficient (Wildman–Crippen LogP) is 3.28.